The Morgan fingerprint density at radius 1 is 0.885 bits per heavy atom. The van der Waals surface area contributed by atoms with E-state index < -0.39 is 0 Å². The maximum atomic E-state index is 4.69. The average Bonchev–Trinajstić information content (AvgIpc) is 3.30. The van der Waals surface area contributed by atoms with E-state index in [4.69, 9.17) is 4.98 Å². The summed E-state index contributed by atoms with van der Waals surface area (Å²) in [6, 6.07) is 23.8. The highest BCUT2D eigenvalue weighted by Gasteiger charge is 2.27. The first-order valence-electron chi connectivity index (χ1n) is 9.05. The molecular weight excluding hydrogens is 320 g/mol. The van der Waals surface area contributed by atoms with Gasteiger partial charge in [-0.15, -0.1) is 0 Å². The van der Waals surface area contributed by atoms with Crippen molar-refractivity contribution in [3.8, 4) is 0 Å². The first kappa shape index (κ1) is 15.1. The van der Waals surface area contributed by atoms with Crippen molar-refractivity contribution in [3.63, 3.8) is 0 Å². The largest absolute Gasteiger partial charge is 0.360 e. The molecule has 2 aromatic heterocycles. The Labute approximate surface area is 152 Å². The van der Waals surface area contributed by atoms with Gasteiger partial charge >= 0.3 is 0 Å². The van der Waals surface area contributed by atoms with Crippen LogP contribution in [0, 0.1) is 0 Å². The van der Waals surface area contributed by atoms with Crippen molar-refractivity contribution in [1.29, 1.82) is 0 Å². The number of hydrogen-bond donors (Lipinski definition) is 1. The molecule has 4 nitrogen and oxygen atoms in total. The molecule has 1 aliphatic carbocycles. The molecule has 0 aliphatic heterocycles. The van der Waals surface area contributed by atoms with E-state index in [0.717, 1.165) is 36.4 Å². The highest BCUT2D eigenvalue weighted by atomic mass is 15.2. The molecule has 0 bridgehead atoms. The Balaban J connectivity index is 1.49. The van der Waals surface area contributed by atoms with Crippen LogP contribution in [0.3, 0.4) is 0 Å². The molecule has 0 amide bonds. The number of rotatable bonds is 4. The lowest BCUT2D eigenvalue weighted by atomic mass is 10.1. The van der Waals surface area contributed by atoms with Gasteiger partial charge in [-0.25, -0.2) is 9.97 Å². The molecular formula is C22H20N4. The fourth-order valence-corrected chi connectivity index (χ4v) is 3.94. The van der Waals surface area contributed by atoms with Crippen LogP contribution in [0.15, 0.2) is 72.9 Å². The number of fused-ring (bicyclic) bond motifs is 2. The minimum atomic E-state index is 0.441. The highest BCUT2D eigenvalue weighted by molar-refractivity contribution is 5.70. The number of H-pyrrole nitrogens is 1. The van der Waals surface area contributed by atoms with Crippen LogP contribution >= 0.6 is 0 Å². The van der Waals surface area contributed by atoms with Crippen LogP contribution in [0.1, 0.15) is 17.0 Å². The van der Waals surface area contributed by atoms with Crippen molar-refractivity contribution >= 4 is 16.9 Å². The lowest BCUT2D eigenvalue weighted by Gasteiger charge is -2.30. The second kappa shape index (κ2) is 6.30. The molecule has 0 spiro atoms. The van der Waals surface area contributed by atoms with Crippen LogP contribution in [0.25, 0.3) is 11.2 Å². The molecule has 1 N–H and O–H groups in total. The lowest BCUT2D eigenvalue weighted by molar-refractivity contribution is 0.606. The van der Waals surface area contributed by atoms with Crippen LogP contribution in [-0.4, -0.2) is 21.0 Å². The van der Waals surface area contributed by atoms with Gasteiger partial charge in [0, 0.05) is 17.9 Å². The minimum Gasteiger partial charge on any atom is -0.360 e. The van der Waals surface area contributed by atoms with Crippen LogP contribution in [0.4, 0.5) is 5.69 Å². The predicted molar refractivity (Wildman–Crippen MR) is 104 cm³/mol. The van der Waals surface area contributed by atoms with Crippen molar-refractivity contribution in [2.24, 2.45) is 0 Å². The maximum Gasteiger partial charge on any atom is 0.177 e. The maximum absolute atomic E-state index is 4.69. The van der Waals surface area contributed by atoms with Gasteiger partial charge in [-0.3, -0.25) is 0 Å². The molecule has 4 heteroatoms. The molecule has 26 heavy (non-hydrogen) atoms. The number of nitrogens with zero attached hydrogens (tertiary/aromatic N) is 3. The van der Waals surface area contributed by atoms with Crippen molar-refractivity contribution in [1.82, 2.24) is 15.0 Å². The third kappa shape index (κ3) is 2.73. The van der Waals surface area contributed by atoms with Crippen LogP contribution < -0.4 is 4.90 Å². The normalized spacial score (nSPS) is 13.8. The molecule has 2 heterocycles. The van der Waals surface area contributed by atoms with E-state index in [-0.39, 0.29) is 0 Å². The van der Waals surface area contributed by atoms with Crippen molar-refractivity contribution in [3.05, 3.63) is 89.9 Å². The van der Waals surface area contributed by atoms with Gasteiger partial charge < -0.3 is 9.88 Å². The fraction of sp³-hybridized carbons (Fsp3) is 0.182. The molecule has 128 valence electrons. The first-order chi connectivity index (χ1) is 12.9. The molecule has 0 radical (unpaired) electrons. The van der Waals surface area contributed by atoms with Crippen LogP contribution in [0.5, 0.6) is 0 Å². The Kier molecular flexibility index (Phi) is 3.67. The van der Waals surface area contributed by atoms with Crippen LogP contribution in [-0.2, 0) is 19.4 Å². The summed E-state index contributed by atoms with van der Waals surface area (Å²) in [5.41, 5.74) is 5.93. The number of para-hydroxylation sites is 1. The van der Waals surface area contributed by atoms with Gasteiger partial charge in [-0.2, -0.15) is 0 Å². The summed E-state index contributed by atoms with van der Waals surface area (Å²) in [7, 11) is 0. The van der Waals surface area contributed by atoms with Crippen molar-refractivity contribution in [2.75, 3.05) is 4.90 Å². The van der Waals surface area contributed by atoms with E-state index in [2.05, 4.69) is 69.5 Å². The summed E-state index contributed by atoms with van der Waals surface area (Å²) in [6.45, 7) is 0.749. The van der Waals surface area contributed by atoms with Gasteiger partial charge in [0.05, 0.1) is 12.1 Å². The Bertz CT molecular complexity index is 980. The Morgan fingerprint density at radius 3 is 2.35 bits per heavy atom. The second-order valence-electron chi connectivity index (χ2n) is 6.85. The zero-order valence-corrected chi connectivity index (χ0v) is 14.5. The molecule has 5 rings (SSSR count). The fourth-order valence-electron chi connectivity index (χ4n) is 3.94. The number of benzene rings is 2. The van der Waals surface area contributed by atoms with E-state index in [0.29, 0.717) is 6.04 Å². The van der Waals surface area contributed by atoms with Gasteiger partial charge in [0.25, 0.3) is 0 Å². The standard InChI is InChI=1S/C22H20N4/c1-2-9-18(10-3-1)26(19-13-16-7-4-5-8-17(16)14-19)15-21-24-20-11-6-12-23-22(20)25-21/h1-12,19H,13-15H2,(H,23,24,25). The third-order valence-electron chi connectivity index (χ3n) is 5.18. The van der Waals surface area contributed by atoms with Crippen LogP contribution in [0.2, 0.25) is 0 Å². The predicted octanol–water partition coefficient (Wildman–Crippen LogP) is 4.13. The smallest absolute Gasteiger partial charge is 0.177 e. The molecule has 4 aromatic rings. The van der Waals surface area contributed by atoms with Crippen molar-refractivity contribution < 1.29 is 0 Å². The summed E-state index contributed by atoms with van der Waals surface area (Å²) in [6.07, 6.45) is 3.93. The van der Waals surface area contributed by atoms with E-state index in [1.165, 1.54) is 16.8 Å². The number of aromatic nitrogens is 3. The Morgan fingerprint density at radius 2 is 1.62 bits per heavy atom. The third-order valence-corrected chi connectivity index (χ3v) is 5.18. The average molecular weight is 340 g/mol. The summed E-state index contributed by atoms with van der Waals surface area (Å²) < 4.78 is 0. The summed E-state index contributed by atoms with van der Waals surface area (Å²) in [4.78, 5) is 14.9. The number of hydrogen-bond acceptors (Lipinski definition) is 3. The van der Waals surface area contributed by atoms with Gasteiger partial charge in [0.15, 0.2) is 5.65 Å². The van der Waals surface area contributed by atoms with Gasteiger partial charge in [0.1, 0.15) is 5.82 Å². The van der Waals surface area contributed by atoms with Gasteiger partial charge in [-0.05, 0) is 48.2 Å². The number of aromatic amines is 1. The lowest BCUT2D eigenvalue weighted by Crippen LogP contribution is -2.35. The molecule has 0 atom stereocenters. The zero-order valence-electron chi connectivity index (χ0n) is 14.5. The quantitative estimate of drug-likeness (QED) is 0.607. The SMILES string of the molecule is c1ccc(N(Cc2nc3ncccc3[nH]2)C2Cc3ccccc3C2)cc1. The highest BCUT2D eigenvalue weighted by Crippen LogP contribution is 2.30. The molecule has 1 aliphatic rings. The number of imidazole rings is 1. The number of anilines is 1. The molecule has 0 fully saturated rings. The first-order valence-corrected chi connectivity index (χ1v) is 9.05. The molecule has 2 aromatic carbocycles. The summed E-state index contributed by atoms with van der Waals surface area (Å²) in [5.74, 6) is 0.957. The summed E-state index contributed by atoms with van der Waals surface area (Å²) >= 11 is 0. The molecule has 0 saturated carbocycles. The summed E-state index contributed by atoms with van der Waals surface area (Å²) in [5, 5.41) is 0. The number of nitrogens with one attached hydrogen (secondary N) is 1. The second-order valence-corrected chi connectivity index (χ2v) is 6.85. The number of pyridine rings is 1. The van der Waals surface area contributed by atoms with Gasteiger partial charge in [-0.1, -0.05) is 42.5 Å². The van der Waals surface area contributed by atoms with E-state index >= 15 is 0 Å². The molecule has 0 unspecified atom stereocenters. The minimum absolute atomic E-state index is 0.441. The van der Waals surface area contributed by atoms with E-state index in [1.807, 2.05) is 12.1 Å². The van der Waals surface area contributed by atoms with E-state index in [1.54, 1.807) is 6.20 Å². The monoisotopic (exact) mass is 340 g/mol. The molecule has 0 saturated heterocycles. The van der Waals surface area contributed by atoms with Gasteiger partial charge in [0.2, 0.25) is 0 Å². The zero-order chi connectivity index (χ0) is 17.3. The Hall–Kier alpha value is -3.14. The van der Waals surface area contributed by atoms with E-state index in [9.17, 15) is 0 Å². The van der Waals surface area contributed by atoms with Crippen molar-refractivity contribution in [2.45, 2.75) is 25.4 Å². The topological polar surface area (TPSA) is 44.8 Å².